The van der Waals surface area contributed by atoms with Gasteiger partial charge in [-0.3, -0.25) is 5.10 Å². The number of rotatable bonds is 1. The molecule has 0 aliphatic carbocycles. The highest BCUT2D eigenvalue weighted by Crippen LogP contribution is 2.26. The van der Waals surface area contributed by atoms with Crippen LogP contribution in [0, 0.1) is 6.92 Å². The van der Waals surface area contributed by atoms with Gasteiger partial charge in [-0.15, -0.1) is 0 Å². The molecule has 0 unspecified atom stereocenters. The Morgan fingerprint density at radius 1 is 1.57 bits per heavy atom. The Morgan fingerprint density at radius 3 is 2.93 bits per heavy atom. The van der Waals surface area contributed by atoms with E-state index in [0.717, 1.165) is 5.56 Å². The first-order chi connectivity index (χ1) is 6.59. The lowest BCUT2D eigenvalue weighted by atomic mass is 10.1. The van der Waals surface area contributed by atoms with E-state index in [2.05, 4.69) is 10.2 Å². The molecular weight excluding hydrogens is 204 g/mol. The van der Waals surface area contributed by atoms with Gasteiger partial charge in [0, 0.05) is 0 Å². The molecule has 4 nitrogen and oxygen atoms in total. The van der Waals surface area contributed by atoms with Gasteiger partial charge in [-0.2, -0.15) is 5.10 Å². The van der Waals surface area contributed by atoms with Gasteiger partial charge in [-0.25, -0.2) is 4.79 Å². The Hall–Kier alpha value is -1.55. The van der Waals surface area contributed by atoms with Crippen molar-refractivity contribution in [2.24, 2.45) is 0 Å². The number of fused-ring (bicyclic) bond motifs is 1. The highest BCUT2D eigenvalue weighted by molar-refractivity contribution is 6.36. The maximum atomic E-state index is 10.8. The first-order valence-corrected chi connectivity index (χ1v) is 4.35. The zero-order valence-electron chi connectivity index (χ0n) is 7.34. The number of nitrogens with zero attached hydrogens (tertiary/aromatic N) is 1. The maximum absolute atomic E-state index is 10.8. The molecule has 14 heavy (non-hydrogen) atoms. The molecule has 0 atom stereocenters. The number of carboxylic acids is 1. The highest BCUT2D eigenvalue weighted by Gasteiger charge is 2.15. The third kappa shape index (κ3) is 1.24. The summed E-state index contributed by atoms with van der Waals surface area (Å²) in [7, 11) is 0. The summed E-state index contributed by atoms with van der Waals surface area (Å²) >= 11 is 5.93. The van der Waals surface area contributed by atoms with Gasteiger partial charge < -0.3 is 5.11 Å². The lowest BCUT2D eigenvalue weighted by Crippen LogP contribution is -1.97. The molecule has 0 spiro atoms. The van der Waals surface area contributed by atoms with E-state index in [4.69, 9.17) is 16.7 Å². The standard InChI is InChI=1S/C9H7ClN2O2/c1-4-2-5(10)7-6(3-4)11-12-8(7)9(13)14/h2-3H,1H3,(H,11,12)(H,13,14). The number of halogens is 1. The molecule has 1 aromatic heterocycles. The van der Waals surface area contributed by atoms with Crippen LogP contribution in [0.2, 0.25) is 5.02 Å². The summed E-state index contributed by atoms with van der Waals surface area (Å²) in [6.45, 7) is 1.88. The number of carboxylic acid groups (broad SMARTS) is 1. The topological polar surface area (TPSA) is 66.0 Å². The molecule has 0 saturated carbocycles. The largest absolute Gasteiger partial charge is 0.476 e. The van der Waals surface area contributed by atoms with Gasteiger partial charge in [0.05, 0.1) is 15.9 Å². The van der Waals surface area contributed by atoms with Crippen molar-refractivity contribution in [1.82, 2.24) is 10.2 Å². The molecule has 2 N–H and O–H groups in total. The molecule has 72 valence electrons. The van der Waals surface area contributed by atoms with Crippen LogP contribution in [0.25, 0.3) is 10.9 Å². The molecule has 0 bridgehead atoms. The van der Waals surface area contributed by atoms with Crippen molar-refractivity contribution >= 4 is 28.5 Å². The van der Waals surface area contributed by atoms with Crippen LogP contribution in [0.1, 0.15) is 16.1 Å². The zero-order chi connectivity index (χ0) is 10.3. The first kappa shape index (κ1) is 9.02. The fourth-order valence-corrected chi connectivity index (χ4v) is 1.76. The number of hydrogen-bond donors (Lipinski definition) is 2. The molecule has 1 aromatic carbocycles. The van der Waals surface area contributed by atoms with Gasteiger partial charge in [-0.05, 0) is 24.6 Å². The van der Waals surface area contributed by atoms with Crippen molar-refractivity contribution in [3.05, 3.63) is 28.4 Å². The van der Waals surface area contributed by atoms with E-state index in [1.54, 1.807) is 12.1 Å². The molecule has 5 heteroatoms. The molecule has 0 fully saturated rings. The average Bonchev–Trinajstić information content (AvgIpc) is 2.47. The fourth-order valence-electron chi connectivity index (χ4n) is 1.40. The normalized spacial score (nSPS) is 10.7. The summed E-state index contributed by atoms with van der Waals surface area (Å²) in [5.74, 6) is -1.08. The summed E-state index contributed by atoms with van der Waals surface area (Å²) in [6, 6.07) is 3.52. The molecule has 2 aromatic rings. The third-order valence-corrected chi connectivity index (χ3v) is 2.26. The molecule has 0 amide bonds. The SMILES string of the molecule is Cc1cc(Cl)c2c(C(=O)O)n[nH]c2c1. The van der Waals surface area contributed by atoms with E-state index in [0.29, 0.717) is 15.9 Å². The maximum Gasteiger partial charge on any atom is 0.357 e. The predicted molar refractivity (Wildman–Crippen MR) is 52.8 cm³/mol. The Labute approximate surface area is 84.5 Å². The number of carbonyl (C=O) groups is 1. The van der Waals surface area contributed by atoms with Crippen LogP contribution in [0.3, 0.4) is 0 Å². The molecule has 1 heterocycles. The van der Waals surface area contributed by atoms with Crippen LogP contribution >= 0.6 is 11.6 Å². The quantitative estimate of drug-likeness (QED) is 0.759. The van der Waals surface area contributed by atoms with Crippen molar-refractivity contribution in [1.29, 1.82) is 0 Å². The second-order valence-corrected chi connectivity index (χ2v) is 3.45. The molecule has 0 saturated heterocycles. The molecule has 0 aliphatic heterocycles. The molecule has 0 radical (unpaired) electrons. The van der Waals surface area contributed by atoms with Crippen LogP contribution < -0.4 is 0 Å². The predicted octanol–water partition coefficient (Wildman–Crippen LogP) is 2.22. The summed E-state index contributed by atoms with van der Waals surface area (Å²) in [4.78, 5) is 10.8. The first-order valence-electron chi connectivity index (χ1n) is 3.97. The van der Waals surface area contributed by atoms with Crippen LogP contribution in [0.4, 0.5) is 0 Å². The minimum Gasteiger partial charge on any atom is -0.476 e. The van der Waals surface area contributed by atoms with E-state index >= 15 is 0 Å². The van der Waals surface area contributed by atoms with E-state index in [-0.39, 0.29) is 5.69 Å². The highest BCUT2D eigenvalue weighted by atomic mass is 35.5. The molecule has 0 aliphatic rings. The van der Waals surface area contributed by atoms with Crippen LogP contribution in [0.5, 0.6) is 0 Å². The molecule has 2 rings (SSSR count). The van der Waals surface area contributed by atoms with E-state index < -0.39 is 5.97 Å². The summed E-state index contributed by atoms with van der Waals surface area (Å²) in [6.07, 6.45) is 0. The Kier molecular flexibility index (Phi) is 1.93. The lowest BCUT2D eigenvalue weighted by Gasteiger charge is -1.96. The van der Waals surface area contributed by atoms with Crippen molar-refractivity contribution in [3.8, 4) is 0 Å². The van der Waals surface area contributed by atoms with Crippen molar-refractivity contribution in [2.45, 2.75) is 6.92 Å². The number of aromatic nitrogens is 2. The van der Waals surface area contributed by atoms with Crippen molar-refractivity contribution in [2.75, 3.05) is 0 Å². The number of hydrogen-bond acceptors (Lipinski definition) is 2. The van der Waals surface area contributed by atoms with Gasteiger partial charge in [0.1, 0.15) is 0 Å². The summed E-state index contributed by atoms with van der Waals surface area (Å²) in [5.41, 5.74) is 1.57. The van der Waals surface area contributed by atoms with Gasteiger partial charge in [0.2, 0.25) is 0 Å². The fraction of sp³-hybridized carbons (Fsp3) is 0.111. The Balaban J connectivity index is 2.85. The van der Waals surface area contributed by atoms with Crippen molar-refractivity contribution in [3.63, 3.8) is 0 Å². The van der Waals surface area contributed by atoms with Gasteiger partial charge in [-0.1, -0.05) is 11.6 Å². The number of aromatic carboxylic acids is 1. The van der Waals surface area contributed by atoms with Crippen LogP contribution in [0.15, 0.2) is 12.1 Å². The van der Waals surface area contributed by atoms with Crippen molar-refractivity contribution < 1.29 is 9.90 Å². The minimum atomic E-state index is -1.08. The number of aromatic amines is 1. The molecular formula is C9H7ClN2O2. The monoisotopic (exact) mass is 210 g/mol. The van der Waals surface area contributed by atoms with Gasteiger partial charge >= 0.3 is 5.97 Å². The third-order valence-electron chi connectivity index (χ3n) is 1.96. The number of nitrogens with one attached hydrogen (secondary N) is 1. The van der Waals surface area contributed by atoms with E-state index in [1.165, 1.54) is 0 Å². The van der Waals surface area contributed by atoms with Gasteiger partial charge in [0.15, 0.2) is 5.69 Å². The second-order valence-electron chi connectivity index (χ2n) is 3.05. The Morgan fingerprint density at radius 2 is 2.29 bits per heavy atom. The van der Waals surface area contributed by atoms with Crippen LogP contribution in [-0.2, 0) is 0 Å². The minimum absolute atomic E-state index is 0.0370. The number of H-pyrrole nitrogens is 1. The number of aryl methyl sites for hydroxylation is 1. The summed E-state index contributed by atoms with van der Waals surface area (Å²) < 4.78 is 0. The second kappa shape index (κ2) is 2.99. The number of benzene rings is 1. The van der Waals surface area contributed by atoms with Gasteiger partial charge in [0.25, 0.3) is 0 Å². The lowest BCUT2D eigenvalue weighted by molar-refractivity contribution is 0.0692. The Bertz CT molecular complexity index is 519. The summed E-state index contributed by atoms with van der Waals surface area (Å²) in [5, 5.41) is 16.0. The zero-order valence-corrected chi connectivity index (χ0v) is 8.09. The van der Waals surface area contributed by atoms with E-state index in [1.807, 2.05) is 6.92 Å². The average molecular weight is 211 g/mol. The van der Waals surface area contributed by atoms with Crippen LogP contribution in [-0.4, -0.2) is 21.3 Å². The van der Waals surface area contributed by atoms with E-state index in [9.17, 15) is 4.79 Å². The smallest absolute Gasteiger partial charge is 0.357 e.